The van der Waals surface area contributed by atoms with E-state index in [-0.39, 0.29) is 18.5 Å². The van der Waals surface area contributed by atoms with Crippen LogP contribution in [0.25, 0.3) is 0 Å². The number of hydrogen-bond donors (Lipinski definition) is 3. The molecular weight excluding hydrogens is 262 g/mol. The van der Waals surface area contributed by atoms with Crippen LogP contribution in [0.5, 0.6) is 0 Å². The molecule has 112 valence electrons. The number of nitrogens with zero attached hydrogens (tertiary/aromatic N) is 1. The molecule has 1 unspecified atom stereocenters. The standard InChI is InChI=1S/C13H21N3O4/c1-9-8-15-12(20-9)10(2)16-13(19)14-7-5-3-4-6-11(17)18/h8,10H,3-7H2,1-2H3,(H,17,18)(H2,14,16,19). The summed E-state index contributed by atoms with van der Waals surface area (Å²) < 4.78 is 5.32. The summed E-state index contributed by atoms with van der Waals surface area (Å²) in [6, 6.07) is -0.581. The molecule has 7 heteroatoms. The van der Waals surface area contributed by atoms with Gasteiger partial charge in [-0.3, -0.25) is 4.79 Å². The summed E-state index contributed by atoms with van der Waals surface area (Å²) in [5.74, 6) is 0.386. The summed E-state index contributed by atoms with van der Waals surface area (Å²) in [6.07, 6.45) is 3.94. The van der Waals surface area contributed by atoms with Crippen molar-refractivity contribution in [2.45, 2.75) is 45.6 Å². The molecule has 0 bridgehead atoms. The van der Waals surface area contributed by atoms with Crippen LogP contribution in [-0.2, 0) is 4.79 Å². The minimum Gasteiger partial charge on any atom is -0.481 e. The first-order valence-corrected chi connectivity index (χ1v) is 6.67. The molecule has 7 nitrogen and oxygen atoms in total. The maximum Gasteiger partial charge on any atom is 0.315 e. The summed E-state index contributed by atoms with van der Waals surface area (Å²) in [5, 5.41) is 13.9. The molecule has 0 spiro atoms. The van der Waals surface area contributed by atoms with Crippen molar-refractivity contribution >= 4 is 12.0 Å². The SMILES string of the molecule is Cc1cnc(C(C)NC(=O)NCCCCCC(=O)O)o1. The van der Waals surface area contributed by atoms with E-state index in [1.807, 2.05) is 0 Å². The number of carboxylic acid groups (broad SMARTS) is 1. The van der Waals surface area contributed by atoms with Crippen LogP contribution in [-0.4, -0.2) is 28.6 Å². The lowest BCUT2D eigenvalue weighted by molar-refractivity contribution is -0.137. The predicted molar refractivity (Wildman–Crippen MR) is 72.3 cm³/mol. The first-order chi connectivity index (χ1) is 9.49. The molecule has 3 N–H and O–H groups in total. The second-order valence-corrected chi connectivity index (χ2v) is 4.64. The zero-order valence-corrected chi connectivity index (χ0v) is 11.8. The number of carbonyl (C=O) groups is 2. The molecule has 1 heterocycles. The van der Waals surface area contributed by atoms with Crippen molar-refractivity contribution in [2.75, 3.05) is 6.54 Å². The van der Waals surface area contributed by atoms with E-state index in [4.69, 9.17) is 9.52 Å². The van der Waals surface area contributed by atoms with E-state index in [0.717, 1.165) is 12.8 Å². The molecule has 1 aromatic rings. The zero-order chi connectivity index (χ0) is 15.0. The average Bonchev–Trinajstić information content (AvgIpc) is 2.80. The Balaban J connectivity index is 2.12. The van der Waals surface area contributed by atoms with Crippen molar-refractivity contribution in [1.29, 1.82) is 0 Å². The van der Waals surface area contributed by atoms with Crippen LogP contribution in [0.15, 0.2) is 10.6 Å². The highest BCUT2D eigenvalue weighted by atomic mass is 16.4. The first-order valence-electron chi connectivity index (χ1n) is 6.67. The van der Waals surface area contributed by atoms with Crippen LogP contribution >= 0.6 is 0 Å². The third kappa shape index (κ3) is 6.21. The van der Waals surface area contributed by atoms with Gasteiger partial charge < -0.3 is 20.2 Å². The van der Waals surface area contributed by atoms with Crippen LogP contribution in [0.3, 0.4) is 0 Å². The molecule has 0 radical (unpaired) electrons. The van der Waals surface area contributed by atoms with Gasteiger partial charge in [-0.2, -0.15) is 0 Å². The number of aromatic nitrogens is 1. The summed E-state index contributed by atoms with van der Waals surface area (Å²) in [5.41, 5.74) is 0. The van der Waals surface area contributed by atoms with Gasteiger partial charge in [-0.25, -0.2) is 9.78 Å². The predicted octanol–water partition coefficient (Wildman–Crippen LogP) is 1.99. The molecule has 1 aromatic heterocycles. The number of unbranched alkanes of at least 4 members (excludes halogenated alkanes) is 2. The van der Waals surface area contributed by atoms with Crippen LogP contribution < -0.4 is 10.6 Å². The highest BCUT2D eigenvalue weighted by Crippen LogP contribution is 2.11. The van der Waals surface area contributed by atoms with Crippen molar-refractivity contribution in [1.82, 2.24) is 15.6 Å². The Bertz CT molecular complexity index is 445. The fourth-order valence-corrected chi connectivity index (χ4v) is 1.66. The van der Waals surface area contributed by atoms with Crippen molar-refractivity contribution in [3.8, 4) is 0 Å². The smallest absolute Gasteiger partial charge is 0.315 e. The lowest BCUT2D eigenvalue weighted by atomic mass is 10.2. The second kappa shape index (κ2) is 8.19. The molecule has 0 saturated heterocycles. The monoisotopic (exact) mass is 283 g/mol. The summed E-state index contributed by atoms with van der Waals surface area (Å²) in [4.78, 5) is 25.9. The molecule has 0 aliphatic rings. The Hall–Kier alpha value is -2.05. The number of nitrogens with one attached hydrogen (secondary N) is 2. The van der Waals surface area contributed by atoms with Gasteiger partial charge in [-0.05, 0) is 26.7 Å². The molecule has 20 heavy (non-hydrogen) atoms. The van der Waals surface area contributed by atoms with E-state index >= 15 is 0 Å². The van der Waals surface area contributed by atoms with Gasteiger partial charge in [-0.15, -0.1) is 0 Å². The average molecular weight is 283 g/mol. The highest BCUT2D eigenvalue weighted by Gasteiger charge is 2.13. The number of carbonyl (C=O) groups excluding carboxylic acids is 1. The summed E-state index contributed by atoms with van der Waals surface area (Å²) in [7, 11) is 0. The number of rotatable bonds is 8. The molecule has 0 aliphatic carbocycles. The van der Waals surface area contributed by atoms with Crippen LogP contribution in [0.4, 0.5) is 4.79 Å². The number of amides is 2. The second-order valence-electron chi connectivity index (χ2n) is 4.64. The van der Waals surface area contributed by atoms with E-state index in [1.54, 1.807) is 20.0 Å². The van der Waals surface area contributed by atoms with Gasteiger partial charge in [0.1, 0.15) is 11.8 Å². The van der Waals surface area contributed by atoms with E-state index in [2.05, 4.69) is 15.6 Å². The molecule has 0 aliphatic heterocycles. The van der Waals surface area contributed by atoms with E-state index in [9.17, 15) is 9.59 Å². The Labute approximate surface area is 117 Å². The van der Waals surface area contributed by atoms with Crippen LogP contribution in [0, 0.1) is 6.92 Å². The lowest BCUT2D eigenvalue weighted by Crippen LogP contribution is -2.37. The summed E-state index contributed by atoms with van der Waals surface area (Å²) in [6.45, 7) is 4.10. The van der Waals surface area contributed by atoms with Crippen molar-refractivity contribution in [3.63, 3.8) is 0 Å². The summed E-state index contributed by atoms with van der Waals surface area (Å²) >= 11 is 0. The normalized spacial score (nSPS) is 11.9. The molecule has 0 fully saturated rings. The Kier molecular flexibility index (Phi) is 6.55. The Morgan fingerprint density at radius 3 is 2.75 bits per heavy atom. The molecule has 0 aromatic carbocycles. The number of oxazole rings is 1. The molecule has 1 rings (SSSR count). The molecule has 0 saturated carbocycles. The molecular formula is C13H21N3O4. The molecule has 2 amide bonds. The number of urea groups is 1. The zero-order valence-electron chi connectivity index (χ0n) is 11.8. The van der Waals surface area contributed by atoms with Gasteiger partial charge in [0.05, 0.1) is 6.20 Å². The first kappa shape index (κ1) is 16.0. The van der Waals surface area contributed by atoms with Gasteiger partial charge in [-0.1, -0.05) is 6.42 Å². The highest BCUT2D eigenvalue weighted by molar-refractivity contribution is 5.74. The Morgan fingerprint density at radius 2 is 2.15 bits per heavy atom. The molecule has 1 atom stereocenters. The number of hydrogen-bond acceptors (Lipinski definition) is 4. The van der Waals surface area contributed by atoms with Crippen molar-refractivity contribution in [2.24, 2.45) is 0 Å². The number of aliphatic carboxylic acids is 1. The van der Waals surface area contributed by atoms with Gasteiger partial charge in [0.2, 0.25) is 5.89 Å². The van der Waals surface area contributed by atoms with Crippen LogP contribution in [0.2, 0.25) is 0 Å². The topological polar surface area (TPSA) is 104 Å². The fourth-order valence-electron chi connectivity index (χ4n) is 1.66. The van der Waals surface area contributed by atoms with Gasteiger partial charge in [0, 0.05) is 13.0 Å². The van der Waals surface area contributed by atoms with Gasteiger partial charge in [0.15, 0.2) is 0 Å². The third-order valence-corrected chi connectivity index (χ3v) is 2.71. The third-order valence-electron chi connectivity index (χ3n) is 2.71. The van der Waals surface area contributed by atoms with E-state index < -0.39 is 5.97 Å². The van der Waals surface area contributed by atoms with Crippen molar-refractivity contribution < 1.29 is 19.1 Å². The van der Waals surface area contributed by atoms with Crippen LogP contribution in [0.1, 0.15) is 50.3 Å². The minimum absolute atomic E-state index is 0.173. The van der Waals surface area contributed by atoms with Gasteiger partial charge in [0.25, 0.3) is 0 Å². The lowest BCUT2D eigenvalue weighted by Gasteiger charge is -2.11. The van der Waals surface area contributed by atoms with E-state index in [0.29, 0.717) is 24.6 Å². The number of aryl methyl sites for hydroxylation is 1. The largest absolute Gasteiger partial charge is 0.481 e. The van der Waals surface area contributed by atoms with E-state index in [1.165, 1.54) is 0 Å². The maximum absolute atomic E-state index is 11.6. The van der Waals surface area contributed by atoms with Crippen molar-refractivity contribution in [3.05, 3.63) is 17.8 Å². The maximum atomic E-state index is 11.6. The fraction of sp³-hybridized carbons (Fsp3) is 0.615. The number of carboxylic acids is 1. The Morgan fingerprint density at radius 1 is 1.40 bits per heavy atom. The quantitative estimate of drug-likeness (QED) is 0.633. The van der Waals surface area contributed by atoms with Gasteiger partial charge >= 0.3 is 12.0 Å². The minimum atomic E-state index is -0.786.